The molecule has 2 heterocycles. The van der Waals surface area contributed by atoms with Gasteiger partial charge in [0.25, 0.3) is 0 Å². The third-order valence-electron chi connectivity index (χ3n) is 2.85. The van der Waals surface area contributed by atoms with Crippen molar-refractivity contribution in [2.45, 2.75) is 32.0 Å². The average Bonchev–Trinajstić information content (AvgIpc) is 2.39. The van der Waals surface area contributed by atoms with E-state index >= 15 is 0 Å². The lowest BCUT2D eigenvalue weighted by Gasteiger charge is -2.23. The van der Waals surface area contributed by atoms with Gasteiger partial charge >= 0.3 is 6.18 Å². The van der Waals surface area contributed by atoms with Crippen molar-refractivity contribution < 1.29 is 13.2 Å². The summed E-state index contributed by atoms with van der Waals surface area (Å²) < 4.78 is 38.3. The minimum Gasteiger partial charge on any atom is -0.370 e. The molecule has 0 aromatic carbocycles. The van der Waals surface area contributed by atoms with Gasteiger partial charge < -0.3 is 10.6 Å². The monoisotopic (exact) mass is 306 g/mol. The second-order valence-corrected chi connectivity index (χ2v) is 5.70. The van der Waals surface area contributed by atoms with Gasteiger partial charge in [-0.3, -0.25) is 0 Å². The highest BCUT2D eigenvalue weighted by atomic mass is 32.2. The smallest absolute Gasteiger partial charge is 0.370 e. The predicted molar refractivity (Wildman–Crippen MR) is 75.2 cm³/mol. The maximum Gasteiger partial charge on any atom is 0.451 e. The molecule has 1 saturated heterocycles. The van der Waals surface area contributed by atoms with Crippen molar-refractivity contribution in [3.8, 4) is 0 Å². The normalized spacial score (nSPS) is 19.7. The first kappa shape index (κ1) is 15.2. The third kappa shape index (κ3) is 4.16. The molecule has 0 radical (unpaired) electrons. The second-order valence-electron chi connectivity index (χ2n) is 4.55. The number of anilines is 2. The minimum atomic E-state index is -4.54. The molecule has 1 aromatic heterocycles. The predicted octanol–water partition coefficient (Wildman–Crippen LogP) is 3.23. The SMILES string of the molecule is CCNc1cc(NC2CCCSC2)nc(C(F)(F)F)n1. The summed E-state index contributed by atoms with van der Waals surface area (Å²) in [5, 5.41) is 5.88. The van der Waals surface area contributed by atoms with Gasteiger partial charge in [0.05, 0.1) is 0 Å². The first-order valence-electron chi connectivity index (χ1n) is 6.53. The van der Waals surface area contributed by atoms with Crippen LogP contribution in [-0.2, 0) is 6.18 Å². The van der Waals surface area contributed by atoms with Crippen LogP contribution in [0, 0.1) is 0 Å². The third-order valence-corrected chi connectivity index (χ3v) is 4.07. The Morgan fingerprint density at radius 1 is 1.35 bits per heavy atom. The highest BCUT2D eigenvalue weighted by molar-refractivity contribution is 7.99. The summed E-state index contributed by atoms with van der Waals surface area (Å²) >= 11 is 1.80. The molecular weight excluding hydrogens is 289 g/mol. The lowest BCUT2D eigenvalue weighted by Crippen LogP contribution is -2.27. The largest absolute Gasteiger partial charge is 0.451 e. The highest BCUT2D eigenvalue weighted by Crippen LogP contribution is 2.29. The summed E-state index contributed by atoms with van der Waals surface area (Å²) in [5.74, 6) is 1.32. The number of halogens is 3. The van der Waals surface area contributed by atoms with Gasteiger partial charge in [-0.05, 0) is 25.5 Å². The summed E-state index contributed by atoms with van der Waals surface area (Å²) in [4.78, 5) is 7.08. The molecule has 0 bridgehead atoms. The molecule has 1 aromatic rings. The molecule has 4 nitrogen and oxygen atoms in total. The number of thioether (sulfide) groups is 1. The van der Waals surface area contributed by atoms with Crippen LogP contribution in [0.4, 0.5) is 24.8 Å². The summed E-state index contributed by atoms with van der Waals surface area (Å²) in [6, 6.07) is 1.69. The Balaban J connectivity index is 2.19. The molecule has 1 aliphatic rings. The van der Waals surface area contributed by atoms with Crippen LogP contribution in [0.25, 0.3) is 0 Å². The van der Waals surface area contributed by atoms with Crippen molar-refractivity contribution in [2.24, 2.45) is 0 Å². The Labute approximate surface area is 120 Å². The minimum absolute atomic E-state index is 0.166. The molecule has 1 unspecified atom stereocenters. The summed E-state index contributed by atoms with van der Waals surface area (Å²) in [5.41, 5.74) is 0. The molecule has 1 atom stereocenters. The zero-order chi connectivity index (χ0) is 14.6. The van der Waals surface area contributed by atoms with E-state index in [-0.39, 0.29) is 17.7 Å². The number of nitrogens with zero attached hydrogens (tertiary/aromatic N) is 2. The van der Waals surface area contributed by atoms with Crippen LogP contribution in [0.15, 0.2) is 6.07 Å². The second kappa shape index (κ2) is 6.51. The summed E-state index contributed by atoms with van der Waals surface area (Å²) in [6.07, 6.45) is -2.52. The van der Waals surface area contributed by atoms with Crippen LogP contribution in [0.1, 0.15) is 25.6 Å². The van der Waals surface area contributed by atoms with E-state index in [0.717, 1.165) is 24.3 Å². The molecule has 0 amide bonds. The fraction of sp³-hybridized carbons (Fsp3) is 0.667. The van der Waals surface area contributed by atoms with Gasteiger partial charge in [0.15, 0.2) is 0 Å². The zero-order valence-corrected chi connectivity index (χ0v) is 11.9. The molecular formula is C12H17F3N4S. The summed E-state index contributed by atoms with van der Waals surface area (Å²) in [6.45, 7) is 2.31. The topological polar surface area (TPSA) is 49.8 Å². The van der Waals surface area contributed by atoms with E-state index in [1.165, 1.54) is 6.07 Å². The van der Waals surface area contributed by atoms with Gasteiger partial charge in [0, 0.05) is 24.4 Å². The van der Waals surface area contributed by atoms with Crippen LogP contribution in [0.2, 0.25) is 0 Å². The van der Waals surface area contributed by atoms with E-state index in [1.54, 1.807) is 18.7 Å². The van der Waals surface area contributed by atoms with E-state index in [9.17, 15) is 13.2 Å². The molecule has 0 aliphatic carbocycles. The van der Waals surface area contributed by atoms with Crippen molar-refractivity contribution >= 4 is 23.4 Å². The van der Waals surface area contributed by atoms with Crippen LogP contribution >= 0.6 is 11.8 Å². The molecule has 1 aliphatic heterocycles. The fourth-order valence-corrected chi connectivity index (χ4v) is 3.06. The number of hydrogen-bond donors (Lipinski definition) is 2. The van der Waals surface area contributed by atoms with Gasteiger partial charge in [0.2, 0.25) is 5.82 Å². The van der Waals surface area contributed by atoms with Crippen LogP contribution in [0.3, 0.4) is 0 Å². The molecule has 0 saturated carbocycles. The van der Waals surface area contributed by atoms with Gasteiger partial charge in [-0.1, -0.05) is 0 Å². The average molecular weight is 306 g/mol. The Morgan fingerprint density at radius 3 is 2.70 bits per heavy atom. The van der Waals surface area contributed by atoms with Crippen LogP contribution in [-0.4, -0.2) is 34.1 Å². The standard InChI is InChI=1S/C12H17F3N4S/c1-2-16-9-6-10(17-8-4-3-5-20-7-8)19-11(18-9)12(13,14)15/h6,8H,2-5,7H2,1H3,(H2,16,17,18,19). The molecule has 2 rings (SSSR count). The molecule has 1 fully saturated rings. The van der Waals surface area contributed by atoms with Crippen molar-refractivity contribution in [3.63, 3.8) is 0 Å². The van der Waals surface area contributed by atoms with Gasteiger partial charge in [-0.2, -0.15) is 24.9 Å². The molecule has 8 heteroatoms. The van der Waals surface area contributed by atoms with Crippen molar-refractivity contribution in [2.75, 3.05) is 28.7 Å². The van der Waals surface area contributed by atoms with Gasteiger partial charge in [0.1, 0.15) is 11.6 Å². The molecule has 0 spiro atoms. The zero-order valence-electron chi connectivity index (χ0n) is 11.1. The van der Waals surface area contributed by atoms with Crippen LogP contribution in [0.5, 0.6) is 0 Å². The van der Waals surface area contributed by atoms with E-state index < -0.39 is 12.0 Å². The number of nitrogens with one attached hydrogen (secondary N) is 2. The number of rotatable bonds is 4. The number of alkyl halides is 3. The quantitative estimate of drug-likeness (QED) is 0.894. The van der Waals surface area contributed by atoms with E-state index in [0.29, 0.717) is 6.54 Å². The van der Waals surface area contributed by atoms with Crippen LogP contribution < -0.4 is 10.6 Å². The van der Waals surface area contributed by atoms with Gasteiger partial charge in [-0.25, -0.2) is 9.97 Å². The lowest BCUT2D eigenvalue weighted by atomic mass is 10.2. The first-order chi connectivity index (χ1) is 9.49. The highest BCUT2D eigenvalue weighted by Gasteiger charge is 2.35. The van der Waals surface area contributed by atoms with Gasteiger partial charge in [-0.15, -0.1) is 0 Å². The van der Waals surface area contributed by atoms with Crippen molar-refractivity contribution in [1.82, 2.24) is 9.97 Å². The van der Waals surface area contributed by atoms with E-state index in [4.69, 9.17) is 0 Å². The Bertz CT molecular complexity index is 447. The number of aromatic nitrogens is 2. The van der Waals surface area contributed by atoms with E-state index in [1.807, 2.05) is 0 Å². The molecule has 112 valence electrons. The fourth-order valence-electron chi connectivity index (χ4n) is 1.98. The molecule has 2 N–H and O–H groups in total. The van der Waals surface area contributed by atoms with Crippen molar-refractivity contribution in [1.29, 1.82) is 0 Å². The Hall–Kier alpha value is -1.18. The maximum absolute atomic E-state index is 12.8. The Kier molecular flexibility index (Phi) is 4.95. The maximum atomic E-state index is 12.8. The number of hydrogen-bond acceptors (Lipinski definition) is 5. The summed E-state index contributed by atoms with van der Waals surface area (Å²) in [7, 11) is 0. The Morgan fingerprint density at radius 2 is 2.10 bits per heavy atom. The van der Waals surface area contributed by atoms with E-state index in [2.05, 4.69) is 20.6 Å². The molecule has 20 heavy (non-hydrogen) atoms. The lowest BCUT2D eigenvalue weighted by molar-refractivity contribution is -0.144. The van der Waals surface area contributed by atoms with Crippen molar-refractivity contribution in [3.05, 3.63) is 11.9 Å². The first-order valence-corrected chi connectivity index (χ1v) is 7.69.